The van der Waals surface area contributed by atoms with Crippen molar-refractivity contribution in [3.63, 3.8) is 0 Å². The van der Waals surface area contributed by atoms with Gasteiger partial charge in [0.25, 0.3) is 0 Å². The highest BCUT2D eigenvalue weighted by atomic mass is 15.2. The molecule has 0 saturated heterocycles. The molecule has 0 atom stereocenters. The number of aryl methyl sites for hydroxylation is 1. The van der Waals surface area contributed by atoms with Crippen molar-refractivity contribution in [2.75, 3.05) is 10.6 Å². The number of nitrogens with zero attached hydrogens (tertiary/aromatic N) is 3. The third kappa shape index (κ3) is 2.47. The maximum Gasteiger partial charge on any atom is 0.224 e. The van der Waals surface area contributed by atoms with Crippen LogP contribution in [0.1, 0.15) is 24.8 Å². The van der Waals surface area contributed by atoms with Gasteiger partial charge in [0.2, 0.25) is 5.95 Å². The fraction of sp³-hybridized carbons (Fsp3) is 0.312. The Morgan fingerprint density at radius 1 is 1.23 bits per heavy atom. The minimum Gasteiger partial charge on any atom is -0.351 e. The first-order valence-corrected chi connectivity index (χ1v) is 7.58. The van der Waals surface area contributed by atoms with Crippen LogP contribution in [0.3, 0.4) is 0 Å². The fourth-order valence-corrected chi connectivity index (χ4v) is 2.52. The van der Waals surface area contributed by atoms with Crippen molar-refractivity contribution < 1.29 is 0 Å². The van der Waals surface area contributed by atoms with E-state index in [0.29, 0.717) is 12.0 Å². The lowest BCUT2D eigenvalue weighted by molar-refractivity contribution is 0.443. The third-order valence-corrected chi connectivity index (χ3v) is 4.07. The van der Waals surface area contributed by atoms with Crippen molar-refractivity contribution in [1.29, 1.82) is 0 Å². The fourth-order valence-electron chi connectivity index (χ4n) is 2.52. The third-order valence-electron chi connectivity index (χ3n) is 4.07. The molecule has 4 rings (SSSR count). The summed E-state index contributed by atoms with van der Waals surface area (Å²) >= 11 is 0. The molecule has 0 aromatic carbocycles. The van der Waals surface area contributed by atoms with Gasteiger partial charge in [0.1, 0.15) is 11.5 Å². The average Bonchev–Trinajstić information content (AvgIpc) is 2.93. The number of nitrogens with one attached hydrogen (secondary N) is 3. The van der Waals surface area contributed by atoms with E-state index in [-0.39, 0.29) is 0 Å². The summed E-state index contributed by atoms with van der Waals surface area (Å²) in [6.07, 6.45) is 9.23. The predicted molar refractivity (Wildman–Crippen MR) is 87.4 cm³/mol. The summed E-state index contributed by atoms with van der Waals surface area (Å²) in [5.74, 6) is 1.50. The average molecular weight is 294 g/mol. The molecule has 6 heteroatoms. The number of H-pyrrole nitrogens is 1. The number of anilines is 3. The highest BCUT2D eigenvalue weighted by Crippen LogP contribution is 2.24. The molecule has 1 fully saturated rings. The van der Waals surface area contributed by atoms with Crippen LogP contribution in [0.4, 0.5) is 17.5 Å². The summed E-state index contributed by atoms with van der Waals surface area (Å²) in [6, 6.07) is 4.58. The molecule has 0 spiro atoms. The van der Waals surface area contributed by atoms with Crippen LogP contribution in [0.5, 0.6) is 0 Å². The molecular formula is C16H18N6. The maximum absolute atomic E-state index is 4.59. The van der Waals surface area contributed by atoms with E-state index in [4.69, 9.17) is 0 Å². The van der Waals surface area contributed by atoms with E-state index in [1.807, 2.05) is 25.4 Å². The van der Waals surface area contributed by atoms with Crippen molar-refractivity contribution in [1.82, 2.24) is 19.9 Å². The SMILES string of the molecule is Cc1cnc(NC2CCC2)nc1Nc1cnc2[nH]ccc2c1. The molecule has 0 bridgehead atoms. The van der Waals surface area contributed by atoms with Gasteiger partial charge in [-0.05, 0) is 38.3 Å². The Morgan fingerprint density at radius 3 is 2.95 bits per heavy atom. The second kappa shape index (κ2) is 5.29. The summed E-state index contributed by atoms with van der Waals surface area (Å²) in [5, 5.41) is 7.78. The molecule has 0 amide bonds. The molecule has 0 aliphatic heterocycles. The van der Waals surface area contributed by atoms with E-state index in [9.17, 15) is 0 Å². The lowest BCUT2D eigenvalue weighted by atomic mass is 9.93. The number of aromatic nitrogens is 4. The van der Waals surface area contributed by atoms with Crippen LogP contribution < -0.4 is 10.6 Å². The Morgan fingerprint density at radius 2 is 2.14 bits per heavy atom. The number of hydrogen-bond donors (Lipinski definition) is 3. The zero-order chi connectivity index (χ0) is 14.9. The van der Waals surface area contributed by atoms with Gasteiger partial charge in [-0.3, -0.25) is 0 Å². The number of fused-ring (bicyclic) bond motifs is 1. The Bertz CT molecular complexity index is 805. The Hall–Kier alpha value is -2.63. The molecule has 1 saturated carbocycles. The van der Waals surface area contributed by atoms with E-state index < -0.39 is 0 Å². The first-order chi connectivity index (χ1) is 10.8. The molecule has 3 heterocycles. The maximum atomic E-state index is 4.59. The largest absolute Gasteiger partial charge is 0.351 e. The lowest BCUT2D eigenvalue weighted by Crippen LogP contribution is -2.28. The highest BCUT2D eigenvalue weighted by molar-refractivity contribution is 5.80. The highest BCUT2D eigenvalue weighted by Gasteiger charge is 2.18. The molecule has 6 nitrogen and oxygen atoms in total. The predicted octanol–water partition coefficient (Wildman–Crippen LogP) is 3.37. The summed E-state index contributed by atoms with van der Waals surface area (Å²) in [6.45, 7) is 2.00. The van der Waals surface area contributed by atoms with Crippen LogP contribution in [0.15, 0.2) is 30.7 Å². The number of aromatic amines is 1. The minimum absolute atomic E-state index is 0.522. The van der Waals surface area contributed by atoms with E-state index in [2.05, 4.69) is 36.6 Å². The van der Waals surface area contributed by atoms with Gasteiger partial charge in [-0.2, -0.15) is 4.98 Å². The van der Waals surface area contributed by atoms with Gasteiger partial charge >= 0.3 is 0 Å². The van der Waals surface area contributed by atoms with Crippen molar-refractivity contribution in [3.8, 4) is 0 Å². The Kier molecular flexibility index (Phi) is 3.14. The Labute approximate surface area is 128 Å². The van der Waals surface area contributed by atoms with E-state index in [0.717, 1.165) is 28.1 Å². The second-order valence-electron chi connectivity index (χ2n) is 5.76. The van der Waals surface area contributed by atoms with Crippen LogP contribution >= 0.6 is 0 Å². The normalized spacial score (nSPS) is 14.8. The smallest absolute Gasteiger partial charge is 0.224 e. The first-order valence-electron chi connectivity index (χ1n) is 7.58. The molecule has 3 aromatic heterocycles. The van der Waals surface area contributed by atoms with Crippen LogP contribution in [0.25, 0.3) is 11.0 Å². The quantitative estimate of drug-likeness (QED) is 0.687. The van der Waals surface area contributed by atoms with Gasteiger partial charge in [0, 0.05) is 29.4 Å². The van der Waals surface area contributed by atoms with Crippen LogP contribution in [-0.4, -0.2) is 26.0 Å². The molecular weight excluding hydrogens is 276 g/mol. The van der Waals surface area contributed by atoms with Crippen molar-refractivity contribution in [2.45, 2.75) is 32.2 Å². The molecule has 1 aliphatic carbocycles. The molecule has 3 N–H and O–H groups in total. The van der Waals surface area contributed by atoms with Gasteiger partial charge in [-0.1, -0.05) is 0 Å². The molecule has 0 unspecified atom stereocenters. The van der Waals surface area contributed by atoms with Crippen molar-refractivity contribution in [2.24, 2.45) is 0 Å². The molecule has 1 aliphatic rings. The van der Waals surface area contributed by atoms with Gasteiger partial charge in [0.05, 0.1) is 11.9 Å². The monoisotopic (exact) mass is 294 g/mol. The Balaban J connectivity index is 1.58. The summed E-state index contributed by atoms with van der Waals surface area (Å²) in [4.78, 5) is 16.4. The topological polar surface area (TPSA) is 78.5 Å². The van der Waals surface area contributed by atoms with E-state index in [1.165, 1.54) is 19.3 Å². The van der Waals surface area contributed by atoms with Gasteiger partial charge < -0.3 is 15.6 Å². The van der Waals surface area contributed by atoms with Gasteiger partial charge in [-0.25, -0.2) is 9.97 Å². The van der Waals surface area contributed by atoms with Crippen molar-refractivity contribution >= 4 is 28.5 Å². The number of hydrogen-bond acceptors (Lipinski definition) is 5. The van der Waals surface area contributed by atoms with Crippen LogP contribution in [0, 0.1) is 6.92 Å². The van der Waals surface area contributed by atoms with Crippen LogP contribution in [0.2, 0.25) is 0 Å². The summed E-state index contributed by atoms with van der Waals surface area (Å²) < 4.78 is 0. The number of rotatable bonds is 4. The number of pyridine rings is 1. The zero-order valence-electron chi connectivity index (χ0n) is 12.4. The lowest BCUT2D eigenvalue weighted by Gasteiger charge is -2.26. The van der Waals surface area contributed by atoms with Gasteiger partial charge in [-0.15, -0.1) is 0 Å². The minimum atomic E-state index is 0.522. The standard InChI is InChI=1S/C16H18N6/c1-10-8-19-16(21-12-3-2-4-12)22-14(10)20-13-7-11-5-6-17-15(11)18-9-13/h5-9,12H,2-4H2,1H3,(H,17,18)(H2,19,20,21,22). The molecule has 3 aromatic rings. The molecule has 112 valence electrons. The van der Waals surface area contributed by atoms with E-state index >= 15 is 0 Å². The second-order valence-corrected chi connectivity index (χ2v) is 5.76. The van der Waals surface area contributed by atoms with Crippen molar-refractivity contribution in [3.05, 3.63) is 36.3 Å². The van der Waals surface area contributed by atoms with Crippen LogP contribution in [-0.2, 0) is 0 Å². The summed E-state index contributed by atoms with van der Waals surface area (Å²) in [5.41, 5.74) is 2.81. The van der Waals surface area contributed by atoms with Gasteiger partial charge in [0.15, 0.2) is 0 Å². The molecule has 22 heavy (non-hydrogen) atoms. The summed E-state index contributed by atoms with van der Waals surface area (Å²) in [7, 11) is 0. The van der Waals surface area contributed by atoms with E-state index in [1.54, 1.807) is 6.20 Å². The zero-order valence-corrected chi connectivity index (χ0v) is 12.4. The first kappa shape index (κ1) is 13.1. The molecule has 0 radical (unpaired) electrons.